The summed E-state index contributed by atoms with van der Waals surface area (Å²) in [7, 11) is 1.48. The van der Waals surface area contributed by atoms with Gasteiger partial charge in [0.05, 0.1) is 7.11 Å². The maximum absolute atomic E-state index is 12.2. The molecule has 0 spiro atoms. The molecule has 3 nitrogen and oxygen atoms in total. The Hall–Kier alpha value is -1.35. The molecule has 0 radical (unpaired) electrons. The van der Waals surface area contributed by atoms with Crippen LogP contribution in [0.5, 0.6) is 0 Å². The molecule has 0 aliphatic heterocycles. The predicted octanol–water partition coefficient (Wildman–Crippen LogP) is 2.90. The van der Waals surface area contributed by atoms with E-state index >= 15 is 0 Å². The predicted molar refractivity (Wildman–Crippen MR) is 75.7 cm³/mol. The number of ether oxygens (including phenoxy) is 1. The molecule has 104 valence electrons. The normalized spacial score (nSPS) is 26.9. The topological polar surface area (TPSA) is 38.3 Å². The second-order valence-corrected chi connectivity index (χ2v) is 5.61. The standard InChI is InChI=1S/C16H23NO2/c1-13-7-6-10-16(11-13,15(18)19-2)17-12-14-8-4-3-5-9-14/h3-5,8-9,13,17H,6-7,10-12H2,1-2H3. The monoisotopic (exact) mass is 261 g/mol. The molecule has 1 fully saturated rings. The van der Waals surface area contributed by atoms with Gasteiger partial charge < -0.3 is 4.74 Å². The maximum atomic E-state index is 12.2. The van der Waals surface area contributed by atoms with E-state index in [9.17, 15) is 4.79 Å². The van der Waals surface area contributed by atoms with Crippen molar-refractivity contribution >= 4 is 5.97 Å². The summed E-state index contributed by atoms with van der Waals surface area (Å²) in [5.74, 6) is 0.450. The average Bonchev–Trinajstić information content (AvgIpc) is 2.45. The second-order valence-electron chi connectivity index (χ2n) is 5.61. The van der Waals surface area contributed by atoms with Crippen molar-refractivity contribution in [2.45, 2.75) is 44.7 Å². The van der Waals surface area contributed by atoms with Crippen molar-refractivity contribution in [3.05, 3.63) is 35.9 Å². The van der Waals surface area contributed by atoms with Gasteiger partial charge in [-0.3, -0.25) is 10.1 Å². The van der Waals surface area contributed by atoms with Crippen molar-refractivity contribution in [3.63, 3.8) is 0 Å². The van der Waals surface area contributed by atoms with Gasteiger partial charge in [-0.15, -0.1) is 0 Å². The number of hydrogen-bond acceptors (Lipinski definition) is 3. The highest BCUT2D eigenvalue weighted by Crippen LogP contribution is 2.33. The molecule has 2 atom stereocenters. The number of methoxy groups -OCH3 is 1. The Labute approximate surface area is 115 Å². The lowest BCUT2D eigenvalue weighted by Crippen LogP contribution is -2.54. The van der Waals surface area contributed by atoms with Crippen molar-refractivity contribution in [2.24, 2.45) is 5.92 Å². The van der Waals surface area contributed by atoms with Gasteiger partial charge in [-0.1, -0.05) is 50.1 Å². The van der Waals surface area contributed by atoms with Gasteiger partial charge in [0, 0.05) is 6.54 Å². The highest BCUT2D eigenvalue weighted by Gasteiger charge is 2.42. The third-order valence-electron chi connectivity index (χ3n) is 4.05. The zero-order valence-corrected chi connectivity index (χ0v) is 11.8. The van der Waals surface area contributed by atoms with Crippen LogP contribution in [0.1, 0.15) is 38.2 Å². The summed E-state index contributed by atoms with van der Waals surface area (Å²) in [5, 5.41) is 3.46. The van der Waals surface area contributed by atoms with Gasteiger partial charge in [0.25, 0.3) is 0 Å². The third-order valence-corrected chi connectivity index (χ3v) is 4.05. The van der Waals surface area contributed by atoms with Gasteiger partial charge >= 0.3 is 5.97 Å². The minimum Gasteiger partial charge on any atom is -0.468 e. The first kappa shape index (κ1) is 14.1. The molecule has 1 aliphatic rings. The van der Waals surface area contributed by atoms with Crippen LogP contribution in [0.3, 0.4) is 0 Å². The molecular weight excluding hydrogens is 238 g/mol. The largest absolute Gasteiger partial charge is 0.468 e. The molecule has 2 rings (SSSR count). The SMILES string of the molecule is COC(=O)C1(NCc2ccccc2)CCCC(C)C1. The first-order chi connectivity index (χ1) is 9.16. The smallest absolute Gasteiger partial charge is 0.326 e. The van der Waals surface area contributed by atoms with E-state index in [1.165, 1.54) is 19.1 Å². The molecule has 1 N–H and O–H groups in total. The molecule has 1 aromatic carbocycles. The molecule has 0 bridgehead atoms. The molecule has 0 heterocycles. The van der Waals surface area contributed by atoms with E-state index in [-0.39, 0.29) is 5.97 Å². The first-order valence-corrected chi connectivity index (χ1v) is 7.04. The summed E-state index contributed by atoms with van der Waals surface area (Å²) >= 11 is 0. The average molecular weight is 261 g/mol. The highest BCUT2D eigenvalue weighted by atomic mass is 16.5. The Balaban J connectivity index is 2.08. The van der Waals surface area contributed by atoms with Crippen LogP contribution in [0.2, 0.25) is 0 Å². The molecule has 0 saturated heterocycles. The zero-order valence-electron chi connectivity index (χ0n) is 11.8. The molecule has 19 heavy (non-hydrogen) atoms. The molecule has 2 unspecified atom stereocenters. The third kappa shape index (κ3) is 3.35. The van der Waals surface area contributed by atoms with E-state index in [1.807, 2.05) is 18.2 Å². The Kier molecular flexibility index (Phi) is 4.59. The summed E-state index contributed by atoms with van der Waals surface area (Å²) in [6.45, 7) is 2.92. The second kappa shape index (κ2) is 6.20. The molecule has 1 aliphatic carbocycles. The molecule has 0 aromatic heterocycles. The quantitative estimate of drug-likeness (QED) is 0.847. The minimum absolute atomic E-state index is 0.116. The van der Waals surface area contributed by atoms with Gasteiger partial charge in [-0.25, -0.2) is 0 Å². The summed E-state index contributed by atoms with van der Waals surface area (Å²) in [6.07, 6.45) is 4.02. The van der Waals surface area contributed by atoms with Gasteiger partial charge in [0.2, 0.25) is 0 Å². The highest BCUT2D eigenvalue weighted by molar-refractivity contribution is 5.81. The fourth-order valence-corrected chi connectivity index (χ4v) is 3.03. The Morgan fingerprint density at radius 2 is 2.16 bits per heavy atom. The van der Waals surface area contributed by atoms with Crippen molar-refractivity contribution < 1.29 is 9.53 Å². The number of rotatable bonds is 4. The van der Waals surface area contributed by atoms with Crippen molar-refractivity contribution in [2.75, 3.05) is 7.11 Å². The lowest BCUT2D eigenvalue weighted by molar-refractivity contribution is -0.151. The van der Waals surface area contributed by atoms with Crippen LogP contribution in [0, 0.1) is 5.92 Å². The summed E-state index contributed by atoms with van der Waals surface area (Å²) in [5.41, 5.74) is 0.700. The summed E-state index contributed by atoms with van der Waals surface area (Å²) in [6, 6.07) is 10.2. The lowest BCUT2D eigenvalue weighted by Gasteiger charge is -2.38. The van der Waals surface area contributed by atoms with Gasteiger partial charge in [-0.2, -0.15) is 0 Å². The van der Waals surface area contributed by atoms with E-state index in [0.29, 0.717) is 12.5 Å². The molecule has 3 heteroatoms. The maximum Gasteiger partial charge on any atom is 0.326 e. The van der Waals surface area contributed by atoms with Crippen molar-refractivity contribution in [1.29, 1.82) is 0 Å². The van der Waals surface area contributed by atoms with Crippen LogP contribution in [0.25, 0.3) is 0 Å². The van der Waals surface area contributed by atoms with Crippen LogP contribution in [0.4, 0.5) is 0 Å². The Morgan fingerprint density at radius 3 is 2.79 bits per heavy atom. The summed E-state index contributed by atoms with van der Waals surface area (Å²) in [4.78, 5) is 12.2. The molecule has 0 amide bonds. The number of benzene rings is 1. The van der Waals surface area contributed by atoms with E-state index in [4.69, 9.17) is 4.74 Å². The summed E-state index contributed by atoms with van der Waals surface area (Å²) < 4.78 is 5.03. The van der Waals surface area contributed by atoms with Crippen LogP contribution < -0.4 is 5.32 Å². The van der Waals surface area contributed by atoms with Crippen molar-refractivity contribution in [1.82, 2.24) is 5.32 Å². The zero-order chi connectivity index (χ0) is 13.7. The van der Waals surface area contributed by atoms with E-state index in [0.717, 1.165) is 19.3 Å². The molecule has 1 saturated carbocycles. The van der Waals surface area contributed by atoms with Gasteiger partial charge in [0.1, 0.15) is 5.54 Å². The molecule has 1 aromatic rings. The van der Waals surface area contributed by atoms with Crippen LogP contribution in [0.15, 0.2) is 30.3 Å². The number of nitrogens with one attached hydrogen (secondary N) is 1. The van der Waals surface area contributed by atoms with Crippen molar-refractivity contribution in [3.8, 4) is 0 Å². The van der Waals surface area contributed by atoms with Crippen LogP contribution in [-0.4, -0.2) is 18.6 Å². The number of hydrogen-bond donors (Lipinski definition) is 1. The van der Waals surface area contributed by atoms with Gasteiger partial charge in [0.15, 0.2) is 0 Å². The fraction of sp³-hybridized carbons (Fsp3) is 0.562. The van der Waals surface area contributed by atoms with E-state index in [2.05, 4.69) is 24.4 Å². The minimum atomic E-state index is -0.498. The van der Waals surface area contributed by atoms with Gasteiger partial charge in [-0.05, 0) is 24.3 Å². The molecular formula is C16H23NO2. The number of carbonyl (C=O) groups is 1. The lowest BCUT2D eigenvalue weighted by atomic mass is 9.76. The van der Waals surface area contributed by atoms with E-state index in [1.54, 1.807) is 0 Å². The van der Waals surface area contributed by atoms with Crippen LogP contribution >= 0.6 is 0 Å². The number of carbonyl (C=O) groups excluding carboxylic acids is 1. The first-order valence-electron chi connectivity index (χ1n) is 7.04. The van der Waals surface area contributed by atoms with Crippen LogP contribution in [-0.2, 0) is 16.1 Å². The number of esters is 1. The van der Waals surface area contributed by atoms with E-state index < -0.39 is 5.54 Å². The Bertz CT molecular complexity index is 418. The Morgan fingerprint density at radius 1 is 1.42 bits per heavy atom. The fourth-order valence-electron chi connectivity index (χ4n) is 3.03.